The van der Waals surface area contributed by atoms with E-state index >= 15 is 0 Å². The molecule has 0 atom stereocenters. The minimum Gasteiger partial charge on any atom is -0.425 e. The summed E-state index contributed by atoms with van der Waals surface area (Å²) in [5.74, 6) is 0. The average Bonchev–Trinajstić information content (AvgIpc) is 0.828. The number of hydrogen-bond donors (Lipinski definition) is 10. The number of hydrogen-bond acceptors (Lipinski definition) is 30. The Kier molecular flexibility index (Phi) is 32.8. The minimum absolute atomic E-state index is 0.292. The molecule has 0 fully saturated rings. The van der Waals surface area contributed by atoms with Gasteiger partial charge in [-0.15, -0.1) is 28.4 Å². The molecule has 0 aromatic carbocycles. The van der Waals surface area contributed by atoms with Gasteiger partial charge in [-0.25, -0.2) is 0 Å². The molecular formula is C60H78N20O20. The molecule has 40 nitrogen and oxygen atoms in total. The molecule has 0 aliphatic heterocycles. The first-order valence-corrected chi connectivity index (χ1v) is 29.4. The molecule has 100 heavy (non-hydrogen) atoms. The van der Waals surface area contributed by atoms with Crippen molar-refractivity contribution in [3.8, 4) is 0 Å². The van der Waals surface area contributed by atoms with Crippen molar-refractivity contribution in [2.75, 3.05) is 0 Å². The average molecular weight is 1400 g/mol. The summed E-state index contributed by atoms with van der Waals surface area (Å²) in [5.41, 5.74) is 3.75. The fraction of sp³-hybridized carbons (Fsp3) is 0.333. The summed E-state index contributed by atoms with van der Waals surface area (Å²) in [7, 11) is 0. The Labute approximate surface area is 564 Å². The van der Waals surface area contributed by atoms with Crippen molar-refractivity contribution in [1.29, 1.82) is 0 Å². The van der Waals surface area contributed by atoms with E-state index in [0.717, 1.165) is 79.2 Å². The van der Waals surface area contributed by atoms with E-state index in [9.17, 15) is 58.4 Å². The zero-order chi connectivity index (χ0) is 76.0. The van der Waals surface area contributed by atoms with Crippen LogP contribution in [-0.2, 0) is 25.7 Å². The van der Waals surface area contributed by atoms with Crippen LogP contribution in [0.15, 0.2) is 135 Å². The van der Waals surface area contributed by atoms with Gasteiger partial charge in [-0.3, -0.25) is 97.8 Å². The van der Waals surface area contributed by atoms with Gasteiger partial charge in [-0.1, -0.05) is 13.8 Å². The summed E-state index contributed by atoms with van der Waals surface area (Å²) in [6, 6.07) is 0. The van der Waals surface area contributed by atoms with Gasteiger partial charge in [0.15, 0.2) is 0 Å². The summed E-state index contributed by atoms with van der Waals surface area (Å²) < 4.78 is 5.75. The van der Waals surface area contributed by atoms with Crippen LogP contribution in [0.3, 0.4) is 0 Å². The van der Waals surface area contributed by atoms with E-state index in [4.69, 9.17) is 41.7 Å². The lowest BCUT2D eigenvalue weighted by atomic mass is 10.0. The van der Waals surface area contributed by atoms with E-state index in [2.05, 4.69) is 49.8 Å². The summed E-state index contributed by atoms with van der Waals surface area (Å²) in [5, 5.41) is 89.0. The Morgan fingerprint density at radius 2 is 0.830 bits per heavy atom. The van der Waals surface area contributed by atoms with Gasteiger partial charge in [-0.05, 0) is 122 Å². The van der Waals surface area contributed by atoms with Gasteiger partial charge in [0, 0.05) is 18.6 Å². The highest BCUT2D eigenvalue weighted by Gasteiger charge is 2.15. The van der Waals surface area contributed by atoms with Gasteiger partial charge in [0.05, 0.1) is 136 Å². The van der Waals surface area contributed by atoms with Gasteiger partial charge in [0.25, 0.3) is 0 Å². The third-order valence-corrected chi connectivity index (χ3v) is 13.2. The lowest BCUT2D eigenvalue weighted by Gasteiger charge is -2.15. The Balaban J connectivity index is 0.000000379. The first-order valence-electron chi connectivity index (χ1n) is 29.4. The molecule has 0 saturated carbocycles. The fourth-order valence-electron chi connectivity index (χ4n) is 7.36. The van der Waals surface area contributed by atoms with Crippen molar-refractivity contribution >= 4 is 0 Å². The molecule has 0 amide bonds. The van der Waals surface area contributed by atoms with Crippen molar-refractivity contribution < 1.29 is 52.1 Å². The highest BCUT2D eigenvalue weighted by atomic mass is 16.5. The fourth-order valence-corrected chi connectivity index (χ4v) is 7.36. The molecule has 1 aliphatic rings. The summed E-state index contributed by atoms with van der Waals surface area (Å²) in [6.45, 7) is 23.4. The van der Waals surface area contributed by atoms with Crippen LogP contribution in [0.25, 0.3) is 0 Å². The predicted molar refractivity (Wildman–Crippen MR) is 349 cm³/mol. The molecule has 0 saturated heterocycles. The summed E-state index contributed by atoms with van der Waals surface area (Å²) >= 11 is 0. The van der Waals surface area contributed by atoms with E-state index in [1.165, 1.54) is 62.7 Å². The largest absolute Gasteiger partial charge is 0.425 e. The Bertz CT molecular complexity index is 4930. The zero-order valence-corrected chi connectivity index (χ0v) is 56.8. The van der Waals surface area contributed by atoms with Crippen molar-refractivity contribution in [3.05, 3.63) is 281 Å². The summed E-state index contributed by atoms with van der Waals surface area (Å²) in [4.78, 5) is 144. The molecule has 0 bridgehead atoms. The van der Waals surface area contributed by atoms with Crippen LogP contribution >= 0.6 is 0 Å². The molecule has 40 heteroatoms. The Morgan fingerprint density at radius 3 is 1.35 bits per heavy atom. The molecular weight excluding hydrogens is 1320 g/mol. The first-order chi connectivity index (χ1) is 46.8. The van der Waals surface area contributed by atoms with Crippen LogP contribution in [-0.4, -0.2) is 149 Å². The highest BCUT2D eigenvalue weighted by Crippen LogP contribution is 2.16. The van der Waals surface area contributed by atoms with Crippen LogP contribution in [0.2, 0.25) is 0 Å². The molecule has 10 aromatic rings. The highest BCUT2D eigenvalue weighted by molar-refractivity contribution is 5.15. The molecule has 11 rings (SSSR count). The van der Waals surface area contributed by atoms with Crippen LogP contribution in [0.5, 0.6) is 0 Å². The van der Waals surface area contributed by atoms with E-state index in [1.54, 1.807) is 76.2 Å². The number of rotatable bonds is 2. The van der Waals surface area contributed by atoms with Gasteiger partial charge in [-0.2, -0.15) is 18.9 Å². The van der Waals surface area contributed by atoms with Gasteiger partial charge in [0.1, 0.15) is 22.8 Å². The van der Waals surface area contributed by atoms with Crippen LogP contribution < -0.4 is 55.6 Å². The third kappa shape index (κ3) is 25.2. The maximum absolute atomic E-state index is 11.0. The van der Waals surface area contributed by atoms with Crippen molar-refractivity contribution in [3.63, 3.8) is 0 Å². The number of nitrogens with zero attached hydrogens (tertiary/aromatic N) is 20. The first kappa shape index (κ1) is 82.9. The van der Waals surface area contributed by atoms with Crippen molar-refractivity contribution in [2.24, 2.45) is 0 Å². The van der Waals surface area contributed by atoms with Gasteiger partial charge < -0.3 is 52.1 Å². The zero-order valence-electron chi connectivity index (χ0n) is 56.8. The molecule has 0 unspecified atom stereocenters. The number of aromatic nitrogens is 20. The molecule has 1 aliphatic carbocycles. The lowest BCUT2D eigenvalue weighted by molar-refractivity contribution is 0.160. The van der Waals surface area contributed by atoms with E-state index in [-0.39, 0.29) is 0 Å². The quantitative estimate of drug-likeness (QED) is 0.105. The molecule has 10 N–H and O–H groups in total. The van der Waals surface area contributed by atoms with Crippen LogP contribution in [0.1, 0.15) is 118 Å². The Morgan fingerprint density at radius 1 is 0.350 bits per heavy atom. The van der Waals surface area contributed by atoms with E-state index in [0.29, 0.717) is 129 Å². The molecule has 10 aromatic heterocycles. The van der Waals surface area contributed by atoms with E-state index in [1.807, 2.05) is 13.8 Å². The lowest BCUT2D eigenvalue weighted by Crippen LogP contribution is -2.25. The van der Waals surface area contributed by atoms with Crippen LogP contribution in [0, 0.1) is 83.1 Å². The molecule has 10 heterocycles. The normalized spacial score (nSPS) is 10.4. The number of aryl methyl sites for hydroxylation is 12. The minimum atomic E-state index is -0.521. The van der Waals surface area contributed by atoms with Gasteiger partial charge in [0.2, 0.25) is 0 Å². The second-order valence-corrected chi connectivity index (χ2v) is 20.6. The third-order valence-electron chi connectivity index (χ3n) is 13.2. The monoisotopic (exact) mass is 1400 g/mol. The maximum Gasteiger partial charge on any atom is 0.304 e. The molecule has 538 valence electrons. The summed E-state index contributed by atoms with van der Waals surface area (Å²) in [6.07, 6.45) is 22.0. The SMILES string of the molecule is CCc1ncc(=O)n(O)c1CC.Cc1cn(O)c(=O)c(C)n1.Cc1cn(O)c(=O)cn1.Cc1cncc(=O)n1O.Cc1nc(C)c(=O)n(O)c1C.Cc1ncc(=O)n(O)c1C.Cc1ncc(C)n(O)c1=O.Cc1nccn(O)c1=O.O=c1cnc2c(n1O)CCCC2.O=c1cnccn1O. The smallest absolute Gasteiger partial charge is 0.304 e. The van der Waals surface area contributed by atoms with Crippen LogP contribution in [0.4, 0.5) is 0 Å². The Hall–Kier alpha value is -13.2. The molecule has 0 spiro atoms. The van der Waals surface area contributed by atoms with E-state index < -0.39 is 55.6 Å². The topological polar surface area (TPSA) is 551 Å². The van der Waals surface area contributed by atoms with Crippen molar-refractivity contribution in [1.82, 2.24) is 97.1 Å². The predicted octanol–water partition coefficient (Wildman–Crippen LogP) is 0.511. The van der Waals surface area contributed by atoms with Gasteiger partial charge >= 0.3 is 55.6 Å². The maximum atomic E-state index is 11.0. The van der Waals surface area contributed by atoms with Crippen molar-refractivity contribution in [2.45, 2.75) is 135 Å². The second kappa shape index (κ2) is 39.6. The number of fused-ring (bicyclic) bond motifs is 1. The molecule has 0 radical (unpaired) electrons. The standard InChI is InChI=1S/C8H10N2O2.C8H12N2O2.C7H10N2O2.3C6H8N2O2.3C5H6N2O2.C4H4N2O2/c11-8-5-9-6-3-1-2-4-7(6)10(8)12;1-3-6-7(4-2)10(12)8(11)5-9-6;1-4-6(3)9(11)7(10)5(2)8-4;1-4-5(2)8(10)6(9)3-7-4;1-4-3-8(10)6(9)5(2)7-4;1-4-3-7-5(2)6(9)8(4)10;1-4-3-7(9)5(8)2-6-4;1-4-2-6-3-5(8)7(4)9;1-4-5(8)7(9)3-2-6-4;7-4-3-5-1-2-6(4)8/h5,12H,1-4H2;5,12H,3-4H2,1-2H3;11H,1-3H3;3*3,10H,1-2H3;3*2-3,9H,1H3;1-3,8H. The second-order valence-electron chi connectivity index (χ2n) is 20.6.